The molecule has 3 atom stereocenters. The van der Waals surface area contributed by atoms with Gasteiger partial charge in [-0.2, -0.15) is 0 Å². The molecule has 0 aliphatic heterocycles. The summed E-state index contributed by atoms with van der Waals surface area (Å²) in [6.45, 7) is 15.0. The van der Waals surface area contributed by atoms with Crippen LogP contribution in [0.1, 0.15) is 66.5 Å². The van der Waals surface area contributed by atoms with Crippen LogP contribution in [0, 0.1) is 11.3 Å². The maximum atomic E-state index is 14.2. The van der Waals surface area contributed by atoms with E-state index in [1.807, 2.05) is 90.9 Å². The monoisotopic (exact) mass is 702 g/mol. The van der Waals surface area contributed by atoms with E-state index in [4.69, 9.17) is 0 Å². The molecule has 3 amide bonds. The highest BCUT2D eigenvalue weighted by Gasteiger charge is 2.41. The minimum absolute atomic E-state index is 0.133. The first kappa shape index (κ1) is 40.2. The van der Waals surface area contributed by atoms with Crippen LogP contribution in [-0.4, -0.2) is 63.3 Å². The van der Waals surface area contributed by atoms with Gasteiger partial charge < -0.3 is 15.5 Å². The van der Waals surface area contributed by atoms with Gasteiger partial charge in [0.15, 0.2) is 0 Å². The lowest BCUT2D eigenvalue weighted by Gasteiger charge is -2.40. The van der Waals surface area contributed by atoms with Crippen LogP contribution in [-0.2, 0) is 35.6 Å². The molecule has 50 heavy (non-hydrogen) atoms. The van der Waals surface area contributed by atoms with Crippen molar-refractivity contribution in [2.75, 3.05) is 14.1 Å². The van der Waals surface area contributed by atoms with Gasteiger partial charge in [0.05, 0.1) is 17.8 Å². The number of amides is 3. The van der Waals surface area contributed by atoms with Crippen molar-refractivity contribution in [3.63, 3.8) is 0 Å². The third kappa shape index (κ3) is 10.4. The molecule has 3 N–H and O–H groups in total. The minimum atomic E-state index is -3.95. The van der Waals surface area contributed by atoms with Crippen molar-refractivity contribution >= 4 is 27.7 Å². The van der Waals surface area contributed by atoms with Gasteiger partial charge in [-0.3, -0.25) is 14.4 Å². The first-order valence-corrected chi connectivity index (χ1v) is 18.6. The number of nitrogens with one attached hydrogen (secondary N) is 3. The predicted molar refractivity (Wildman–Crippen MR) is 201 cm³/mol. The van der Waals surface area contributed by atoms with Crippen molar-refractivity contribution in [3.8, 4) is 11.1 Å². The van der Waals surface area contributed by atoms with E-state index in [1.54, 1.807) is 50.5 Å². The third-order valence-corrected chi connectivity index (χ3v) is 10.3. The summed E-state index contributed by atoms with van der Waals surface area (Å²) in [5.74, 6) is -1.88. The first-order valence-electron chi connectivity index (χ1n) is 17.0. The van der Waals surface area contributed by atoms with E-state index in [2.05, 4.69) is 27.5 Å². The topological polar surface area (TPSA) is 125 Å². The highest BCUT2D eigenvalue weighted by Crippen LogP contribution is 2.31. The molecule has 0 aliphatic carbocycles. The quantitative estimate of drug-likeness (QED) is 0.182. The zero-order valence-electron chi connectivity index (χ0n) is 31.1. The fraction of sp³-hybridized carbons (Fsp3) is 0.425. The Hall–Kier alpha value is -4.28. The SMILES string of the molecule is CN[C@H](C(=O)NC(C(=O)N(C)[C@H](/C=C(\C)C(=O)NS(=O)(=O)Cc1ccccc1)C(C)C)C(C)(C)C)C(C)(C)c1ccc(-c2ccccc2)cc1. The van der Waals surface area contributed by atoms with Crippen LogP contribution in [0.2, 0.25) is 0 Å². The van der Waals surface area contributed by atoms with E-state index in [1.165, 1.54) is 11.8 Å². The first-order chi connectivity index (χ1) is 23.3. The van der Waals surface area contributed by atoms with Crippen molar-refractivity contribution < 1.29 is 22.8 Å². The molecule has 10 heteroatoms. The zero-order chi connectivity index (χ0) is 37.4. The minimum Gasteiger partial charge on any atom is -0.342 e. The average Bonchev–Trinajstić information content (AvgIpc) is 3.05. The van der Waals surface area contributed by atoms with E-state index in [-0.39, 0.29) is 29.1 Å². The maximum Gasteiger partial charge on any atom is 0.260 e. The Kier molecular flexibility index (Phi) is 13.3. The highest BCUT2D eigenvalue weighted by atomic mass is 32.2. The number of sulfonamides is 1. The number of likely N-dealkylation sites (N-methyl/N-ethyl adjacent to an activating group) is 2. The summed E-state index contributed by atoms with van der Waals surface area (Å²) in [6.07, 6.45) is 1.61. The molecule has 0 bridgehead atoms. The summed E-state index contributed by atoms with van der Waals surface area (Å²) in [4.78, 5) is 42.8. The molecular formula is C40H54N4O5S. The molecule has 1 unspecified atom stereocenters. The molecular weight excluding hydrogens is 649 g/mol. The number of nitrogens with zero attached hydrogens (tertiary/aromatic N) is 1. The molecule has 0 spiro atoms. The summed E-state index contributed by atoms with van der Waals surface area (Å²) in [5.41, 5.74) is 2.56. The number of hydrogen-bond donors (Lipinski definition) is 3. The Morgan fingerprint density at radius 3 is 1.82 bits per heavy atom. The summed E-state index contributed by atoms with van der Waals surface area (Å²) in [5, 5.41) is 6.24. The van der Waals surface area contributed by atoms with Gasteiger partial charge in [-0.1, -0.05) is 139 Å². The zero-order valence-corrected chi connectivity index (χ0v) is 31.9. The van der Waals surface area contributed by atoms with E-state index in [9.17, 15) is 22.8 Å². The Morgan fingerprint density at radius 1 is 0.800 bits per heavy atom. The maximum absolute atomic E-state index is 14.2. The van der Waals surface area contributed by atoms with E-state index in [0.717, 1.165) is 16.7 Å². The standard InChI is InChI=1S/C40H54N4O5S/c1-27(2)33(25-28(3)36(45)43-50(48,49)26-29-17-13-11-14-18-29)44(10)38(47)35(39(4,5)6)42-37(46)34(41-9)40(7,8)32-23-21-31(22-24-32)30-19-15-12-16-20-30/h11-25,27,33-35,41H,26H2,1-10H3,(H,42,46)(H,43,45)/b28-25+/t33-,34-,35?/m1/s1. The fourth-order valence-electron chi connectivity index (χ4n) is 6.07. The van der Waals surface area contributed by atoms with Gasteiger partial charge in [0, 0.05) is 18.0 Å². The Bertz CT molecular complexity index is 1750. The van der Waals surface area contributed by atoms with Gasteiger partial charge in [-0.25, -0.2) is 13.1 Å². The molecule has 0 saturated heterocycles. The fourth-order valence-corrected chi connectivity index (χ4v) is 7.22. The summed E-state index contributed by atoms with van der Waals surface area (Å²) >= 11 is 0. The van der Waals surface area contributed by atoms with Crippen molar-refractivity contribution in [2.45, 2.75) is 84.7 Å². The number of carbonyl (C=O) groups excluding carboxylic acids is 3. The molecule has 3 aromatic carbocycles. The lowest BCUT2D eigenvalue weighted by atomic mass is 9.76. The highest BCUT2D eigenvalue weighted by molar-refractivity contribution is 7.89. The number of hydrogen-bond acceptors (Lipinski definition) is 6. The summed E-state index contributed by atoms with van der Waals surface area (Å²) < 4.78 is 27.6. The van der Waals surface area contributed by atoms with Gasteiger partial charge in [0.2, 0.25) is 21.8 Å². The number of rotatable bonds is 14. The van der Waals surface area contributed by atoms with Gasteiger partial charge in [-0.15, -0.1) is 0 Å². The average molecular weight is 703 g/mol. The van der Waals surface area contributed by atoms with Crippen LogP contribution in [0.3, 0.4) is 0 Å². The van der Waals surface area contributed by atoms with Crippen molar-refractivity contribution in [1.29, 1.82) is 0 Å². The molecule has 0 radical (unpaired) electrons. The van der Waals surface area contributed by atoms with Crippen LogP contribution in [0.4, 0.5) is 0 Å². The largest absolute Gasteiger partial charge is 0.342 e. The molecule has 0 aliphatic rings. The Labute approximate surface area is 299 Å². The lowest BCUT2D eigenvalue weighted by Crippen LogP contribution is -2.61. The molecule has 9 nitrogen and oxygen atoms in total. The van der Waals surface area contributed by atoms with Gasteiger partial charge in [0.25, 0.3) is 5.91 Å². The normalized spacial score (nSPS) is 14.4. The molecule has 0 saturated carbocycles. The van der Waals surface area contributed by atoms with Crippen LogP contribution in [0.25, 0.3) is 11.1 Å². The summed E-state index contributed by atoms with van der Waals surface area (Å²) in [6, 6.07) is 24.7. The van der Waals surface area contributed by atoms with Crippen LogP contribution < -0.4 is 15.4 Å². The van der Waals surface area contributed by atoms with Crippen molar-refractivity contribution in [1.82, 2.24) is 20.3 Å². The second-order valence-electron chi connectivity index (χ2n) is 14.9. The summed E-state index contributed by atoms with van der Waals surface area (Å²) in [7, 11) is -0.578. The van der Waals surface area contributed by atoms with Crippen LogP contribution >= 0.6 is 0 Å². The van der Waals surface area contributed by atoms with Crippen molar-refractivity contribution in [2.24, 2.45) is 11.3 Å². The van der Waals surface area contributed by atoms with E-state index >= 15 is 0 Å². The third-order valence-electron chi connectivity index (χ3n) is 9.11. The molecule has 0 aromatic heterocycles. The van der Waals surface area contributed by atoms with Crippen LogP contribution in [0.5, 0.6) is 0 Å². The second kappa shape index (κ2) is 16.6. The molecule has 270 valence electrons. The smallest absolute Gasteiger partial charge is 0.260 e. The number of carbonyl (C=O) groups is 3. The van der Waals surface area contributed by atoms with Gasteiger partial charge >= 0.3 is 0 Å². The Morgan fingerprint density at radius 2 is 1.32 bits per heavy atom. The van der Waals surface area contributed by atoms with Gasteiger partial charge in [0.1, 0.15) is 6.04 Å². The Balaban J connectivity index is 1.81. The second-order valence-corrected chi connectivity index (χ2v) is 16.6. The molecule has 0 fully saturated rings. The number of benzene rings is 3. The van der Waals surface area contributed by atoms with Gasteiger partial charge in [-0.05, 0) is 47.6 Å². The lowest BCUT2D eigenvalue weighted by molar-refractivity contribution is -0.140. The molecule has 0 heterocycles. The van der Waals surface area contributed by atoms with E-state index in [0.29, 0.717) is 5.56 Å². The van der Waals surface area contributed by atoms with E-state index < -0.39 is 44.9 Å². The molecule has 3 rings (SSSR count). The molecule has 3 aromatic rings. The van der Waals surface area contributed by atoms with Crippen molar-refractivity contribution in [3.05, 3.63) is 108 Å². The predicted octanol–water partition coefficient (Wildman–Crippen LogP) is 5.83. The van der Waals surface area contributed by atoms with Crippen LogP contribution in [0.15, 0.2) is 96.6 Å².